The Morgan fingerprint density at radius 1 is 1.43 bits per heavy atom. The summed E-state index contributed by atoms with van der Waals surface area (Å²) in [5.41, 5.74) is 4.34. The molecule has 0 unspecified atom stereocenters. The highest BCUT2D eigenvalue weighted by Crippen LogP contribution is 2.30. The number of aliphatic hydroxyl groups is 1. The maximum atomic E-state index is 12.0. The van der Waals surface area contributed by atoms with E-state index in [4.69, 9.17) is 0 Å². The van der Waals surface area contributed by atoms with Gasteiger partial charge in [-0.15, -0.1) is 0 Å². The number of carbonyl (C=O) groups excluding carboxylic acids is 1. The zero-order chi connectivity index (χ0) is 16.2. The molecule has 1 aromatic heterocycles. The van der Waals surface area contributed by atoms with Gasteiger partial charge in [0.05, 0.1) is 18.3 Å². The number of fused-ring (bicyclic) bond motifs is 1. The van der Waals surface area contributed by atoms with Crippen molar-refractivity contribution in [3.63, 3.8) is 0 Å². The van der Waals surface area contributed by atoms with E-state index in [2.05, 4.69) is 20.8 Å². The van der Waals surface area contributed by atoms with Crippen LogP contribution in [-0.2, 0) is 12.8 Å². The standard InChI is InChI=1S/C17H22N4O2/c1-11-13(10-19-21-11)6-4-8-18-17(23)20-16-14-7-3-2-5-12(14)9-15(16)22/h2-3,5,7,10,15-16,22H,4,6,8-9H2,1H3,(H,19,21)(H2,18,20,23)/t15-,16+/m0/s1. The lowest BCUT2D eigenvalue weighted by molar-refractivity contribution is 0.142. The molecule has 6 nitrogen and oxygen atoms in total. The zero-order valence-electron chi connectivity index (χ0n) is 13.2. The summed E-state index contributed by atoms with van der Waals surface area (Å²) >= 11 is 0. The number of hydrogen-bond acceptors (Lipinski definition) is 3. The third-order valence-corrected chi connectivity index (χ3v) is 4.33. The molecule has 1 aliphatic carbocycles. The summed E-state index contributed by atoms with van der Waals surface area (Å²) in [4.78, 5) is 12.0. The van der Waals surface area contributed by atoms with Crippen molar-refractivity contribution < 1.29 is 9.90 Å². The van der Waals surface area contributed by atoms with Crippen LogP contribution in [0, 0.1) is 6.92 Å². The molecule has 6 heteroatoms. The Morgan fingerprint density at radius 3 is 3.04 bits per heavy atom. The van der Waals surface area contributed by atoms with Crippen LogP contribution in [0.3, 0.4) is 0 Å². The minimum atomic E-state index is -0.563. The first kappa shape index (κ1) is 15.6. The van der Waals surface area contributed by atoms with Gasteiger partial charge in [-0.2, -0.15) is 5.10 Å². The topological polar surface area (TPSA) is 90.0 Å². The average molecular weight is 314 g/mol. The second kappa shape index (κ2) is 6.83. The number of aromatic amines is 1. The number of rotatable bonds is 5. The number of urea groups is 1. The van der Waals surface area contributed by atoms with E-state index in [9.17, 15) is 9.90 Å². The number of aromatic nitrogens is 2. The van der Waals surface area contributed by atoms with Gasteiger partial charge in [0.15, 0.2) is 0 Å². The number of nitrogens with one attached hydrogen (secondary N) is 3. The van der Waals surface area contributed by atoms with Crippen LogP contribution in [0.15, 0.2) is 30.5 Å². The Balaban J connectivity index is 1.46. The number of H-pyrrole nitrogens is 1. The van der Waals surface area contributed by atoms with Gasteiger partial charge in [0.2, 0.25) is 0 Å². The highest BCUT2D eigenvalue weighted by molar-refractivity contribution is 5.74. The van der Waals surface area contributed by atoms with Crippen LogP contribution < -0.4 is 10.6 Å². The summed E-state index contributed by atoms with van der Waals surface area (Å²) in [6.07, 6.45) is 3.56. The molecule has 0 fully saturated rings. The van der Waals surface area contributed by atoms with Crippen molar-refractivity contribution in [3.05, 3.63) is 52.8 Å². The Hall–Kier alpha value is -2.34. The van der Waals surface area contributed by atoms with Crippen LogP contribution in [0.25, 0.3) is 0 Å². The van der Waals surface area contributed by atoms with Gasteiger partial charge >= 0.3 is 6.03 Å². The number of aliphatic hydroxyl groups excluding tert-OH is 1. The monoisotopic (exact) mass is 314 g/mol. The SMILES string of the molecule is Cc1[nH]ncc1CCCNC(=O)N[C@@H]1c2ccccc2C[C@@H]1O. The maximum Gasteiger partial charge on any atom is 0.315 e. The van der Waals surface area contributed by atoms with Crippen molar-refractivity contribution in [2.45, 2.75) is 38.3 Å². The Morgan fingerprint density at radius 2 is 2.26 bits per heavy atom. The van der Waals surface area contributed by atoms with E-state index >= 15 is 0 Å². The highest BCUT2D eigenvalue weighted by Gasteiger charge is 2.31. The fourth-order valence-electron chi connectivity index (χ4n) is 3.05. The molecule has 0 radical (unpaired) electrons. The van der Waals surface area contributed by atoms with Gasteiger partial charge in [-0.1, -0.05) is 24.3 Å². The van der Waals surface area contributed by atoms with Crippen molar-refractivity contribution in [2.24, 2.45) is 0 Å². The normalized spacial score (nSPS) is 19.4. The van der Waals surface area contributed by atoms with Gasteiger partial charge in [0.1, 0.15) is 0 Å². The van der Waals surface area contributed by atoms with Crippen LogP contribution >= 0.6 is 0 Å². The van der Waals surface area contributed by atoms with Gasteiger partial charge in [0, 0.05) is 18.7 Å². The molecule has 0 bridgehead atoms. The van der Waals surface area contributed by atoms with Crippen LogP contribution in [0.1, 0.15) is 34.8 Å². The quantitative estimate of drug-likeness (QED) is 0.632. The van der Waals surface area contributed by atoms with Crippen molar-refractivity contribution in [1.29, 1.82) is 0 Å². The van der Waals surface area contributed by atoms with Crippen molar-refractivity contribution in [2.75, 3.05) is 6.54 Å². The molecule has 0 saturated heterocycles. The van der Waals surface area contributed by atoms with Gasteiger partial charge in [-0.3, -0.25) is 5.10 Å². The fourth-order valence-corrected chi connectivity index (χ4v) is 3.05. The van der Waals surface area contributed by atoms with Crippen molar-refractivity contribution in [3.8, 4) is 0 Å². The predicted octanol–water partition coefficient (Wildman–Crippen LogP) is 1.61. The van der Waals surface area contributed by atoms with Gasteiger partial charge in [0.25, 0.3) is 0 Å². The van der Waals surface area contributed by atoms with Gasteiger partial charge < -0.3 is 15.7 Å². The molecule has 2 amide bonds. The summed E-state index contributed by atoms with van der Waals surface area (Å²) in [5.74, 6) is 0. The highest BCUT2D eigenvalue weighted by atomic mass is 16.3. The molecule has 2 atom stereocenters. The fraction of sp³-hybridized carbons (Fsp3) is 0.412. The summed E-state index contributed by atoms with van der Waals surface area (Å²) in [6, 6.07) is 7.25. The smallest absolute Gasteiger partial charge is 0.315 e. The Bertz CT molecular complexity index is 683. The largest absolute Gasteiger partial charge is 0.390 e. The summed E-state index contributed by atoms with van der Waals surface area (Å²) in [5, 5.41) is 22.7. The van der Waals surface area contributed by atoms with Crippen LogP contribution in [0.5, 0.6) is 0 Å². The molecule has 23 heavy (non-hydrogen) atoms. The molecule has 1 aliphatic rings. The van der Waals surface area contributed by atoms with Crippen LogP contribution in [0.4, 0.5) is 4.79 Å². The predicted molar refractivity (Wildman–Crippen MR) is 87.1 cm³/mol. The molecule has 122 valence electrons. The lowest BCUT2D eigenvalue weighted by Gasteiger charge is -2.18. The first-order valence-electron chi connectivity index (χ1n) is 7.94. The van der Waals surface area contributed by atoms with E-state index in [-0.39, 0.29) is 12.1 Å². The van der Waals surface area contributed by atoms with Crippen molar-refractivity contribution >= 4 is 6.03 Å². The average Bonchev–Trinajstić information content (AvgIpc) is 3.08. The molecule has 2 aromatic rings. The number of nitrogens with zero attached hydrogens (tertiary/aromatic N) is 1. The molecule has 0 spiro atoms. The molecule has 1 heterocycles. The molecular formula is C17H22N4O2. The molecular weight excluding hydrogens is 292 g/mol. The van der Waals surface area contributed by atoms with Crippen LogP contribution in [-0.4, -0.2) is 34.0 Å². The van der Waals surface area contributed by atoms with E-state index in [0.29, 0.717) is 13.0 Å². The Kier molecular flexibility index (Phi) is 4.62. The lowest BCUT2D eigenvalue weighted by Crippen LogP contribution is -2.41. The first-order valence-corrected chi connectivity index (χ1v) is 7.94. The number of carbonyl (C=O) groups is 1. The summed E-state index contributed by atoms with van der Waals surface area (Å²) in [7, 11) is 0. The van der Waals surface area contributed by atoms with E-state index in [0.717, 1.165) is 29.7 Å². The second-order valence-electron chi connectivity index (χ2n) is 5.97. The molecule has 3 rings (SSSR count). The first-order chi connectivity index (χ1) is 11.1. The molecule has 4 N–H and O–H groups in total. The third kappa shape index (κ3) is 3.53. The minimum Gasteiger partial charge on any atom is -0.390 e. The minimum absolute atomic E-state index is 0.241. The lowest BCUT2D eigenvalue weighted by atomic mass is 10.1. The molecule has 0 aliphatic heterocycles. The van der Waals surface area contributed by atoms with E-state index < -0.39 is 6.10 Å². The summed E-state index contributed by atoms with van der Waals surface area (Å²) < 4.78 is 0. The Labute approximate surface area is 135 Å². The van der Waals surface area contributed by atoms with E-state index in [1.54, 1.807) is 0 Å². The van der Waals surface area contributed by atoms with E-state index in [1.165, 1.54) is 5.56 Å². The number of benzene rings is 1. The number of hydrogen-bond donors (Lipinski definition) is 4. The second-order valence-corrected chi connectivity index (χ2v) is 5.97. The third-order valence-electron chi connectivity index (χ3n) is 4.33. The zero-order valence-corrected chi connectivity index (χ0v) is 13.2. The van der Waals surface area contributed by atoms with Gasteiger partial charge in [-0.05, 0) is 36.5 Å². The van der Waals surface area contributed by atoms with Crippen molar-refractivity contribution in [1.82, 2.24) is 20.8 Å². The molecule has 1 aromatic carbocycles. The number of amides is 2. The van der Waals surface area contributed by atoms with Crippen LogP contribution in [0.2, 0.25) is 0 Å². The summed E-state index contributed by atoms with van der Waals surface area (Å²) in [6.45, 7) is 2.57. The number of aryl methyl sites for hydroxylation is 2. The van der Waals surface area contributed by atoms with E-state index in [1.807, 2.05) is 37.4 Å². The maximum absolute atomic E-state index is 12.0. The molecule has 0 saturated carbocycles. The van der Waals surface area contributed by atoms with Gasteiger partial charge in [-0.25, -0.2) is 4.79 Å².